The molecule has 0 saturated heterocycles. The van der Waals surface area contributed by atoms with E-state index in [0.717, 1.165) is 12.8 Å². The number of benzene rings is 1. The summed E-state index contributed by atoms with van der Waals surface area (Å²) < 4.78 is 13.0. The number of rotatable bonds is 4. The van der Waals surface area contributed by atoms with Crippen LogP contribution in [0.4, 0.5) is 10.1 Å². The zero-order chi connectivity index (χ0) is 12.5. The van der Waals surface area contributed by atoms with E-state index < -0.39 is 5.82 Å². The molecule has 2 rings (SSSR count). The normalized spacial score (nSPS) is 16.4. The van der Waals surface area contributed by atoms with E-state index in [9.17, 15) is 4.39 Å². The molecule has 2 nitrogen and oxygen atoms in total. The van der Waals surface area contributed by atoms with Gasteiger partial charge in [-0.05, 0) is 25.0 Å². The van der Waals surface area contributed by atoms with Gasteiger partial charge in [0.2, 0.25) is 0 Å². The maximum Gasteiger partial charge on any atom is 0.126 e. The number of hydrogen-bond donors (Lipinski definition) is 1. The predicted octanol–water partition coefficient (Wildman–Crippen LogP) is 4.24. The van der Waals surface area contributed by atoms with E-state index in [1.165, 1.54) is 12.1 Å². The summed E-state index contributed by atoms with van der Waals surface area (Å²) in [6.45, 7) is 0.644. The average Bonchev–Trinajstić information content (AvgIpc) is 2.97. The molecule has 1 N–H and O–H groups in total. The first-order valence-electron chi connectivity index (χ1n) is 5.32. The molecule has 0 atom stereocenters. The zero-order valence-corrected chi connectivity index (χ0v) is 10.6. The summed E-state index contributed by atoms with van der Waals surface area (Å²) in [5.74, 6) is -0.455. The van der Waals surface area contributed by atoms with Crippen LogP contribution in [0.25, 0.3) is 0 Å². The van der Waals surface area contributed by atoms with Gasteiger partial charge in [-0.25, -0.2) is 4.39 Å². The zero-order valence-electron chi connectivity index (χ0n) is 9.06. The molecule has 0 aromatic heterocycles. The minimum Gasteiger partial charge on any atom is -0.382 e. The van der Waals surface area contributed by atoms with Crippen molar-refractivity contribution >= 4 is 28.9 Å². The summed E-state index contributed by atoms with van der Waals surface area (Å²) in [4.78, 5) is 0. The van der Waals surface area contributed by atoms with E-state index >= 15 is 0 Å². The van der Waals surface area contributed by atoms with Gasteiger partial charge in [0.25, 0.3) is 0 Å². The van der Waals surface area contributed by atoms with Gasteiger partial charge in [-0.2, -0.15) is 5.26 Å². The third-order valence-electron chi connectivity index (χ3n) is 3.06. The molecule has 1 saturated carbocycles. The molecule has 0 heterocycles. The van der Waals surface area contributed by atoms with Crippen molar-refractivity contribution in [3.8, 4) is 6.07 Å². The molecule has 0 radical (unpaired) electrons. The second-order valence-electron chi connectivity index (χ2n) is 4.43. The summed E-state index contributed by atoms with van der Waals surface area (Å²) in [6.07, 6.45) is 2.59. The van der Waals surface area contributed by atoms with E-state index in [4.69, 9.17) is 28.5 Å². The largest absolute Gasteiger partial charge is 0.382 e. The number of halogens is 3. The number of nitriles is 1. The van der Waals surface area contributed by atoms with Crippen molar-refractivity contribution in [2.75, 3.05) is 11.9 Å². The number of nitrogens with one attached hydrogen (secondary N) is 1. The second-order valence-corrected chi connectivity index (χ2v) is 5.25. The van der Waals surface area contributed by atoms with Crippen molar-refractivity contribution in [3.05, 3.63) is 28.0 Å². The number of hydrogen-bond acceptors (Lipinski definition) is 2. The Kier molecular flexibility index (Phi) is 3.46. The third kappa shape index (κ3) is 2.83. The Hall–Kier alpha value is -0.980. The molecule has 90 valence electrons. The van der Waals surface area contributed by atoms with Gasteiger partial charge in [0.1, 0.15) is 5.82 Å². The molecule has 17 heavy (non-hydrogen) atoms. The monoisotopic (exact) mass is 272 g/mol. The highest BCUT2D eigenvalue weighted by Crippen LogP contribution is 2.49. The molecular formula is C12H11Cl2FN2. The van der Waals surface area contributed by atoms with E-state index in [2.05, 4.69) is 11.4 Å². The first-order chi connectivity index (χ1) is 8.06. The average molecular weight is 273 g/mol. The van der Waals surface area contributed by atoms with Gasteiger partial charge in [-0.15, -0.1) is 0 Å². The minimum absolute atomic E-state index is 0.0514. The van der Waals surface area contributed by atoms with Crippen LogP contribution in [-0.2, 0) is 0 Å². The first-order valence-corrected chi connectivity index (χ1v) is 6.07. The van der Waals surface area contributed by atoms with Crippen LogP contribution in [-0.4, -0.2) is 6.54 Å². The third-order valence-corrected chi connectivity index (χ3v) is 3.65. The fraction of sp³-hybridized carbons (Fsp3) is 0.417. The van der Waals surface area contributed by atoms with Gasteiger partial charge in [-0.1, -0.05) is 23.2 Å². The number of nitrogens with zero attached hydrogens (tertiary/aromatic N) is 1. The van der Waals surface area contributed by atoms with Crippen LogP contribution >= 0.6 is 23.2 Å². The van der Waals surface area contributed by atoms with Crippen LogP contribution in [0.2, 0.25) is 10.0 Å². The predicted molar refractivity (Wildman–Crippen MR) is 66.8 cm³/mol. The summed E-state index contributed by atoms with van der Waals surface area (Å²) in [6, 6.07) is 4.62. The Morgan fingerprint density at radius 2 is 1.94 bits per heavy atom. The van der Waals surface area contributed by atoms with Gasteiger partial charge < -0.3 is 5.32 Å². The van der Waals surface area contributed by atoms with Crippen LogP contribution in [0.3, 0.4) is 0 Å². The summed E-state index contributed by atoms with van der Waals surface area (Å²) in [5.41, 5.74) is 0.592. The Bertz CT molecular complexity index is 455. The van der Waals surface area contributed by atoms with Crippen molar-refractivity contribution in [3.63, 3.8) is 0 Å². The molecule has 0 spiro atoms. The fourth-order valence-corrected chi connectivity index (χ4v) is 2.34. The Balaban J connectivity index is 2.07. The van der Waals surface area contributed by atoms with Crippen LogP contribution in [0.15, 0.2) is 12.1 Å². The van der Waals surface area contributed by atoms with Crippen LogP contribution in [0.1, 0.15) is 19.3 Å². The van der Waals surface area contributed by atoms with Crippen molar-refractivity contribution < 1.29 is 4.39 Å². The summed E-state index contributed by atoms with van der Waals surface area (Å²) >= 11 is 11.8. The van der Waals surface area contributed by atoms with E-state index in [-0.39, 0.29) is 15.5 Å². The lowest BCUT2D eigenvalue weighted by atomic mass is 10.0. The van der Waals surface area contributed by atoms with Gasteiger partial charge in [0.15, 0.2) is 0 Å². The van der Waals surface area contributed by atoms with E-state index in [0.29, 0.717) is 18.7 Å². The molecule has 0 bridgehead atoms. The lowest BCUT2D eigenvalue weighted by Gasteiger charge is -2.15. The lowest BCUT2D eigenvalue weighted by molar-refractivity contribution is 0.557. The van der Waals surface area contributed by atoms with Crippen molar-refractivity contribution in [1.29, 1.82) is 5.26 Å². The molecular weight excluding hydrogens is 262 g/mol. The highest BCUT2D eigenvalue weighted by Gasteiger charge is 2.42. The Morgan fingerprint density at radius 3 is 2.41 bits per heavy atom. The molecule has 1 aromatic rings. The van der Waals surface area contributed by atoms with Crippen molar-refractivity contribution in [2.24, 2.45) is 5.41 Å². The minimum atomic E-state index is -0.455. The Labute approximate surface area is 109 Å². The highest BCUT2D eigenvalue weighted by molar-refractivity contribution is 6.39. The van der Waals surface area contributed by atoms with Gasteiger partial charge in [0.05, 0.1) is 21.8 Å². The highest BCUT2D eigenvalue weighted by atomic mass is 35.5. The van der Waals surface area contributed by atoms with Crippen LogP contribution in [0.5, 0.6) is 0 Å². The number of anilines is 1. The Morgan fingerprint density at radius 1 is 1.35 bits per heavy atom. The molecule has 1 aliphatic carbocycles. The topological polar surface area (TPSA) is 35.8 Å². The first kappa shape index (κ1) is 12.5. The van der Waals surface area contributed by atoms with Gasteiger partial charge in [0, 0.05) is 18.4 Å². The van der Waals surface area contributed by atoms with E-state index in [1.807, 2.05) is 0 Å². The van der Waals surface area contributed by atoms with Crippen LogP contribution < -0.4 is 5.32 Å². The summed E-state index contributed by atoms with van der Waals surface area (Å²) in [7, 11) is 0. The molecule has 0 amide bonds. The molecule has 0 unspecified atom stereocenters. The molecule has 1 fully saturated rings. The molecule has 0 aliphatic heterocycles. The maximum absolute atomic E-state index is 13.0. The summed E-state index contributed by atoms with van der Waals surface area (Å²) in [5, 5.41) is 12.4. The second kappa shape index (κ2) is 4.72. The smallest absolute Gasteiger partial charge is 0.126 e. The lowest BCUT2D eigenvalue weighted by Crippen LogP contribution is -2.15. The van der Waals surface area contributed by atoms with Crippen molar-refractivity contribution in [2.45, 2.75) is 19.3 Å². The standard InChI is InChI=1S/C12H11Cl2FN2/c13-9-5-8(15)6-10(14)11(9)17-7-12(1-2-12)3-4-16/h5-6,17H,1-3,7H2. The van der Waals surface area contributed by atoms with Gasteiger partial charge in [-0.3, -0.25) is 0 Å². The molecule has 1 aliphatic rings. The maximum atomic E-state index is 13.0. The molecule has 1 aromatic carbocycles. The SMILES string of the molecule is N#CCC1(CNc2c(Cl)cc(F)cc2Cl)CC1. The van der Waals surface area contributed by atoms with Crippen molar-refractivity contribution in [1.82, 2.24) is 0 Å². The quantitative estimate of drug-likeness (QED) is 0.890. The van der Waals surface area contributed by atoms with Gasteiger partial charge >= 0.3 is 0 Å². The fourth-order valence-electron chi connectivity index (χ4n) is 1.75. The van der Waals surface area contributed by atoms with Crippen LogP contribution in [0, 0.1) is 22.6 Å². The molecule has 5 heteroatoms. The van der Waals surface area contributed by atoms with E-state index in [1.54, 1.807) is 0 Å².